The molecule has 0 aliphatic heterocycles. The maximum Gasteiger partial charge on any atom is 0.164 e. The van der Waals surface area contributed by atoms with Crippen LogP contribution in [0, 0.1) is 17.5 Å². The Morgan fingerprint density at radius 2 is 1.67 bits per heavy atom. The smallest absolute Gasteiger partial charge is 0.164 e. The van der Waals surface area contributed by atoms with Crippen molar-refractivity contribution in [3.05, 3.63) is 35.1 Å². The van der Waals surface area contributed by atoms with Crippen LogP contribution in [-0.2, 0) is 0 Å². The zero-order chi connectivity index (χ0) is 9.30. The Bertz CT molecular complexity index is 297. The van der Waals surface area contributed by atoms with Gasteiger partial charge >= 0.3 is 0 Å². The van der Waals surface area contributed by atoms with Gasteiger partial charge in [0.2, 0.25) is 0 Å². The van der Waals surface area contributed by atoms with Gasteiger partial charge in [-0.1, -0.05) is 6.92 Å². The summed E-state index contributed by atoms with van der Waals surface area (Å²) in [5.74, 6) is -2.68. The molecular weight excluding hydrogens is 181 g/mol. The molecule has 0 spiro atoms. The van der Waals surface area contributed by atoms with Crippen molar-refractivity contribution in [3.63, 3.8) is 0 Å². The van der Waals surface area contributed by atoms with E-state index in [4.69, 9.17) is 0 Å². The molecule has 0 saturated heterocycles. The summed E-state index contributed by atoms with van der Waals surface area (Å²) in [5.41, 5.74) is -0.331. The van der Waals surface area contributed by atoms with Crippen LogP contribution in [0.2, 0.25) is 0 Å². The molecule has 0 aliphatic carbocycles. The van der Waals surface area contributed by atoms with Crippen LogP contribution in [0.3, 0.4) is 0 Å². The minimum atomic E-state index is -1.04. The molecule has 0 fully saturated rings. The molecule has 1 rings (SSSR count). The van der Waals surface area contributed by atoms with Crippen molar-refractivity contribution < 1.29 is 13.2 Å². The quantitative estimate of drug-likeness (QED) is 0.465. The largest absolute Gasteiger partial charge is 0.207 e. The highest BCUT2D eigenvalue weighted by Gasteiger charge is 2.15. The minimum Gasteiger partial charge on any atom is -0.207 e. The number of rotatable bonds is 1. The number of hydrogen-bond acceptors (Lipinski definition) is 0. The van der Waals surface area contributed by atoms with E-state index in [1.54, 1.807) is 6.92 Å². The fraction of sp³-hybridized carbons (Fsp3) is 0.250. The fourth-order valence-corrected chi connectivity index (χ4v) is 1.60. The molecule has 0 N–H and O–H groups in total. The van der Waals surface area contributed by atoms with E-state index in [1.807, 2.05) is 0 Å². The standard InChI is InChI=1S/C8H9F3Si/c1-4(12)7-5(9)2-3-6(10)8(7)11/h2-4H,1,12H3. The van der Waals surface area contributed by atoms with Crippen molar-refractivity contribution in [2.45, 2.75) is 12.5 Å². The molecule has 4 heteroatoms. The Morgan fingerprint density at radius 3 is 2.08 bits per heavy atom. The van der Waals surface area contributed by atoms with Crippen LogP contribution in [0.15, 0.2) is 12.1 Å². The van der Waals surface area contributed by atoms with Gasteiger partial charge in [-0.2, -0.15) is 0 Å². The zero-order valence-corrected chi connectivity index (χ0v) is 8.87. The summed E-state index contributed by atoms with van der Waals surface area (Å²) in [5, 5.41) is 0. The molecule has 66 valence electrons. The van der Waals surface area contributed by atoms with E-state index in [-0.39, 0.29) is 11.1 Å². The molecule has 12 heavy (non-hydrogen) atoms. The van der Waals surface area contributed by atoms with Crippen molar-refractivity contribution in [2.75, 3.05) is 0 Å². The van der Waals surface area contributed by atoms with Crippen LogP contribution >= 0.6 is 0 Å². The van der Waals surface area contributed by atoms with Gasteiger partial charge < -0.3 is 0 Å². The predicted molar refractivity (Wildman–Crippen MR) is 44.7 cm³/mol. The molecule has 0 saturated carbocycles. The van der Waals surface area contributed by atoms with Crippen LogP contribution in [0.4, 0.5) is 13.2 Å². The van der Waals surface area contributed by atoms with Gasteiger partial charge in [-0.25, -0.2) is 13.2 Å². The Hall–Kier alpha value is -0.773. The number of halogens is 3. The molecule has 0 heterocycles. The van der Waals surface area contributed by atoms with Crippen molar-refractivity contribution in [2.24, 2.45) is 0 Å². The van der Waals surface area contributed by atoms with Crippen molar-refractivity contribution in [3.8, 4) is 0 Å². The maximum absolute atomic E-state index is 12.9. The highest BCUT2D eigenvalue weighted by Crippen LogP contribution is 2.21. The summed E-state index contributed by atoms with van der Waals surface area (Å²) in [4.78, 5) is 0. The fourth-order valence-electron chi connectivity index (χ4n) is 1.07. The molecule has 0 radical (unpaired) electrons. The summed E-state index contributed by atoms with van der Waals surface area (Å²) < 4.78 is 38.4. The molecule has 0 bridgehead atoms. The first kappa shape index (κ1) is 9.32. The predicted octanol–water partition coefficient (Wildman–Crippen LogP) is 1.53. The average Bonchev–Trinajstić information content (AvgIpc) is 1.97. The lowest BCUT2D eigenvalue weighted by Gasteiger charge is -2.08. The average molecular weight is 190 g/mol. The third kappa shape index (κ3) is 1.53. The normalized spacial score (nSPS) is 13.3. The summed E-state index contributed by atoms with van der Waals surface area (Å²) in [6.07, 6.45) is 0. The first-order valence-electron chi connectivity index (χ1n) is 3.67. The third-order valence-corrected chi connectivity index (χ3v) is 2.23. The maximum atomic E-state index is 12.9. The lowest BCUT2D eigenvalue weighted by Crippen LogP contribution is -2.03. The van der Waals surface area contributed by atoms with Gasteiger partial charge in [0.05, 0.1) is 0 Å². The van der Waals surface area contributed by atoms with Gasteiger partial charge in [0, 0.05) is 15.8 Å². The van der Waals surface area contributed by atoms with E-state index in [0.717, 1.165) is 12.1 Å². The van der Waals surface area contributed by atoms with Crippen LogP contribution in [0.25, 0.3) is 0 Å². The molecule has 0 aromatic heterocycles. The Kier molecular flexibility index (Phi) is 2.57. The molecule has 0 amide bonds. The lowest BCUT2D eigenvalue weighted by molar-refractivity contribution is 0.479. The minimum absolute atomic E-state index is 0.123. The highest BCUT2D eigenvalue weighted by molar-refractivity contribution is 6.12. The Morgan fingerprint density at radius 1 is 1.17 bits per heavy atom. The van der Waals surface area contributed by atoms with E-state index in [2.05, 4.69) is 0 Å². The van der Waals surface area contributed by atoms with Gasteiger partial charge in [-0.05, 0) is 17.7 Å². The second kappa shape index (κ2) is 3.31. The molecule has 0 nitrogen and oxygen atoms in total. The molecule has 0 aliphatic rings. The molecule has 1 aromatic rings. The summed E-state index contributed by atoms with van der Waals surface area (Å²) in [6.45, 7) is 1.67. The van der Waals surface area contributed by atoms with Crippen LogP contribution in [0.5, 0.6) is 0 Å². The topological polar surface area (TPSA) is 0 Å². The van der Waals surface area contributed by atoms with Crippen LogP contribution in [0.1, 0.15) is 18.0 Å². The third-order valence-electron chi connectivity index (χ3n) is 1.66. The summed E-state index contributed by atoms with van der Waals surface area (Å²) >= 11 is 0. The van der Waals surface area contributed by atoms with Gasteiger partial charge in [-0.3, -0.25) is 0 Å². The second-order valence-corrected chi connectivity index (χ2v) is 4.64. The van der Waals surface area contributed by atoms with Gasteiger partial charge in [-0.15, -0.1) is 0 Å². The molecule has 1 unspecified atom stereocenters. The van der Waals surface area contributed by atoms with Crippen LogP contribution in [-0.4, -0.2) is 10.2 Å². The van der Waals surface area contributed by atoms with Crippen molar-refractivity contribution in [1.29, 1.82) is 0 Å². The van der Waals surface area contributed by atoms with E-state index in [1.165, 1.54) is 0 Å². The van der Waals surface area contributed by atoms with Crippen molar-refractivity contribution >= 4 is 10.2 Å². The molecular formula is C8H9F3Si. The number of hydrogen-bond donors (Lipinski definition) is 0. The summed E-state index contributed by atoms with van der Waals surface area (Å²) in [7, 11) is 0.605. The van der Waals surface area contributed by atoms with E-state index < -0.39 is 17.5 Å². The second-order valence-electron chi connectivity index (χ2n) is 2.91. The van der Waals surface area contributed by atoms with Gasteiger partial charge in [0.25, 0.3) is 0 Å². The Balaban J connectivity index is 3.33. The van der Waals surface area contributed by atoms with E-state index in [9.17, 15) is 13.2 Å². The highest BCUT2D eigenvalue weighted by atomic mass is 28.1. The monoisotopic (exact) mass is 190 g/mol. The van der Waals surface area contributed by atoms with Gasteiger partial charge in [0.15, 0.2) is 11.6 Å². The zero-order valence-electron chi connectivity index (χ0n) is 6.87. The van der Waals surface area contributed by atoms with Crippen LogP contribution < -0.4 is 0 Å². The van der Waals surface area contributed by atoms with E-state index >= 15 is 0 Å². The SMILES string of the molecule is CC([SiH3])c1c(F)ccc(F)c1F. The molecule has 1 aromatic carbocycles. The van der Waals surface area contributed by atoms with E-state index in [0.29, 0.717) is 10.2 Å². The van der Waals surface area contributed by atoms with Gasteiger partial charge in [0.1, 0.15) is 5.82 Å². The summed E-state index contributed by atoms with van der Waals surface area (Å²) in [6, 6.07) is 1.76. The molecule has 1 atom stereocenters. The Labute approximate surface area is 71.8 Å². The van der Waals surface area contributed by atoms with Crippen molar-refractivity contribution in [1.82, 2.24) is 0 Å². The number of benzene rings is 1. The first-order valence-corrected chi connectivity index (χ1v) is 4.83. The first-order chi connectivity index (χ1) is 5.54. The lowest BCUT2D eigenvalue weighted by atomic mass is 10.1.